The fraction of sp³-hybridized carbons (Fsp3) is 0.538. The van der Waals surface area contributed by atoms with Gasteiger partial charge in [0.05, 0.1) is 0 Å². The number of alkyl halides is 3. The van der Waals surface area contributed by atoms with Crippen molar-refractivity contribution in [1.82, 2.24) is 4.90 Å². The first kappa shape index (κ1) is 14.0. The van der Waals surface area contributed by atoms with E-state index in [1.54, 1.807) is 24.3 Å². The van der Waals surface area contributed by atoms with Gasteiger partial charge in [-0.25, -0.2) is 0 Å². The maximum Gasteiger partial charge on any atom is 0.408 e. The summed E-state index contributed by atoms with van der Waals surface area (Å²) in [4.78, 5) is 1.18. The van der Waals surface area contributed by atoms with Crippen molar-refractivity contribution in [3.8, 4) is 0 Å². The van der Waals surface area contributed by atoms with E-state index in [9.17, 15) is 13.2 Å². The van der Waals surface area contributed by atoms with Crippen molar-refractivity contribution in [2.75, 3.05) is 14.1 Å². The highest BCUT2D eigenvalue weighted by Gasteiger charge is 2.42. The first-order chi connectivity index (χ1) is 7.73. The third-order valence-corrected chi connectivity index (χ3v) is 2.75. The molecular weight excluding hydrogens is 227 g/mol. The van der Waals surface area contributed by atoms with Gasteiger partial charge in [0.25, 0.3) is 0 Å². The van der Waals surface area contributed by atoms with Crippen molar-refractivity contribution < 1.29 is 13.2 Å². The van der Waals surface area contributed by atoms with Crippen LogP contribution >= 0.6 is 0 Å². The van der Waals surface area contributed by atoms with Crippen LogP contribution in [0, 0.1) is 0 Å². The molecule has 0 aliphatic heterocycles. The zero-order valence-electron chi connectivity index (χ0n) is 10.5. The number of rotatable bonds is 3. The van der Waals surface area contributed by atoms with Crippen molar-refractivity contribution in [3.63, 3.8) is 0 Å². The molecule has 0 amide bonds. The van der Waals surface area contributed by atoms with E-state index in [-0.39, 0.29) is 5.56 Å². The second kappa shape index (κ2) is 5.08. The minimum Gasteiger partial charge on any atom is -0.295 e. The Morgan fingerprint density at radius 3 is 1.65 bits per heavy atom. The summed E-state index contributed by atoms with van der Waals surface area (Å²) < 4.78 is 38.6. The van der Waals surface area contributed by atoms with Gasteiger partial charge in [-0.05, 0) is 31.1 Å². The molecule has 0 radical (unpaired) electrons. The lowest BCUT2D eigenvalue weighted by atomic mass is 9.98. The topological polar surface area (TPSA) is 3.24 Å². The molecule has 0 aliphatic carbocycles. The summed E-state index contributed by atoms with van der Waals surface area (Å²) in [7, 11) is 2.88. The van der Waals surface area contributed by atoms with Crippen LogP contribution in [-0.4, -0.2) is 25.2 Å². The Morgan fingerprint density at radius 1 is 0.941 bits per heavy atom. The van der Waals surface area contributed by atoms with Crippen LogP contribution in [0.3, 0.4) is 0 Å². The first-order valence-corrected chi connectivity index (χ1v) is 5.56. The maximum absolute atomic E-state index is 12.9. The highest BCUT2D eigenvalue weighted by atomic mass is 19.4. The molecule has 0 saturated heterocycles. The molecule has 0 aliphatic rings. The van der Waals surface area contributed by atoms with Gasteiger partial charge in [0, 0.05) is 0 Å². The van der Waals surface area contributed by atoms with E-state index in [2.05, 4.69) is 0 Å². The van der Waals surface area contributed by atoms with Gasteiger partial charge in [-0.15, -0.1) is 0 Å². The molecular formula is C13H18F3N. The summed E-state index contributed by atoms with van der Waals surface area (Å²) in [5.74, 6) is 0.327. The van der Waals surface area contributed by atoms with E-state index < -0.39 is 12.2 Å². The fourth-order valence-corrected chi connectivity index (χ4v) is 1.84. The second-order valence-corrected chi connectivity index (χ2v) is 4.73. The molecule has 96 valence electrons. The van der Waals surface area contributed by atoms with Gasteiger partial charge in [0.15, 0.2) is 0 Å². The molecule has 1 nitrogen and oxygen atoms in total. The largest absolute Gasteiger partial charge is 0.408 e. The smallest absolute Gasteiger partial charge is 0.295 e. The minimum atomic E-state index is -4.25. The van der Waals surface area contributed by atoms with E-state index in [0.717, 1.165) is 5.56 Å². The second-order valence-electron chi connectivity index (χ2n) is 4.73. The van der Waals surface area contributed by atoms with Gasteiger partial charge in [-0.1, -0.05) is 38.1 Å². The highest BCUT2D eigenvalue weighted by molar-refractivity contribution is 5.27. The van der Waals surface area contributed by atoms with E-state index in [1.807, 2.05) is 13.8 Å². The standard InChI is InChI=1S/C13H18F3N/c1-9(2)10-5-7-11(8-6-10)12(17(3)4)13(14,15)16/h5-9,12H,1-4H3. The Labute approximate surface area is 100 Å². The number of hydrogen-bond donors (Lipinski definition) is 0. The summed E-state index contributed by atoms with van der Waals surface area (Å²) in [6.45, 7) is 4.03. The van der Waals surface area contributed by atoms with Gasteiger partial charge in [0.2, 0.25) is 0 Å². The van der Waals surface area contributed by atoms with Gasteiger partial charge in [0.1, 0.15) is 6.04 Å². The van der Waals surface area contributed by atoms with E-state index in [0.29, 0.717) is 5.92 Å². The molecule has 0 saturated carbocycles. The van der Waals surface area contributed by atoms with Crippen molar-refractivity contribution in [1.29, 1.82) is 0 Å². The highest BCUT2D eigenvalue weighted by Crippen LogP contribution is 2.36. The minimum absolute atomic E-state index is 0.284. The molecule has 1 aromatic rings. The molecule has 1 atom stereocenters. The summed E-state index contributed by atoms with van der Waals surface area (Å²) in [5.41, 5.74) is 1.33. The molecule has 0 fully saturated rings. The van der Waals surface area contributed by atoms with Gasteiger partial charge < -0.3 is 0 Å². The first-order valence-electron chi connectivity index (χ1n) is 5.56. The average Bonchev–Trinajstić information content (AvgIpc) is 2.15. The Balaban J connectivity index is 3.05. The van der Waals surface area contributed by atoms with Crippen LogP contribution in [-0.2, 0) is 0 Å². The van der Waals surface area contributed by atoms with Crippen LogP contribution < -0.4 is 0 Å². The third kappa shape index (κ3) is 3.46. The SMILES string of the molecule is CC(C)c1ccc(C(N(C)C)C(F)(F)F)cc1. The normalized spacial score (nSPS) is 14.4. The monoisotopic (exact) mass is 245 g/mol. The predicted molar refractivity (Wildman–Crippen MR) is 63.0 cm³/mol. The predicted octanol–water partition coefficient (Wildman–Crippen LogP) is 3.98. The molecule has 4 heteroatoms. The van der Waals surface area contributed by atoms with Crippen LogP contribution in [0.25, 0.3) is 0 Å². The van der Waals surface area contributed by atoms with Gasteiger partial charge in [-0.3, -0.25) is 4.90 Å². The van der Waals surface area contributed by atoms with Crippen molar-refractivity contribution in [3.05, 3.63) is 35.4 Å². The quantitative estimate of drug-likeness (QED) is 0.778. The van der Waals surface area contributed by atoms with Crippen LogP contribution in [0.1, 0.15) is 36.9 Å². The third-order valence-electron chi connectivity index (χ3n) is 2.75. The molecule has 0 aromatic heterocycles. The number of benzene rings is 1. The van der Waals surface area contributed by atoms with E-state index in [1.165, 1.54) is 19.0 Å². The molecule has 1 rings (SSSR count). The average molecular weight is 245 g/mol. The lowest BCUT2D eigenvalue weighted by molar-refractivity contribution is -0.179. The number of nitrogens with zero attached hydrogens (tertiary/aromatic N) is 1. The Morgan fingerprint density at radius 2 is 1.35 bits per heavy atom. The van der Waals surface area contributed by atoms with E-state index in [4.69, 9.17) is 0 Å². The molecule has 0 heterocycles. The van der Waals surface area contributed by atoms with Crippen LogP contribution in [0.2, 0.25) is 0 Å². The number of hydrogen-bond acceptors (Lipinski definition) is 1. The van der Waals surface area contributed by atoms with Gasteiger partial charge in [-0.2, -0.15) is 13.2 Å². The maximum atomic E-state index is 12.9. The lowest BCUT2D eigenvalue weighted by Gasteiger charge is -2.27. The Bertz CT molecular complexity index is 352. The zero-order valence-corrected chi connectivity index (χ0v) is 10.5. The molecule has 17 heavy (non-hydrogen) atoms. The summed E-state index contributed by atoms with van der Waals surface area (Å²) in [5, 5.41) is 0. The Kier molecular flexibility index (Phi) is 4.20. The van der Waals surface area contributed by atoms with E-state index >= 15 is 0 Å². The van der Waals surface area contributed by atoms with Crippen molar-refractivity contribution >= 4 is 0 Å². The number of halogens is 3. The lowest BCUT2D eigenvalue weighted by Crippen LogP contribution is -2.33. The summed E-state index contributed by atoms with van der Waals surface area (Å²) >= 11 is 0. The molecule has 0 N–H and O–H groups in total. The zero-order chi connectivity index (χ0) is 13.2. The van der Waals surface area contributed by atoms with Crippen molar-refractivity contribution in [2.45, 2.75) is 32.0 Å². The van der Waals surface area contributed by atoms with Crippen molar-refractivity contribution in [2.24, 2.45) is 0 Å². The molecule has 0 bridgehead atoms. The summed E-state index contributed by atoms with van der Waals surface area (Å²) in [6.07, 6.45) is -4.25. The molecule has 0 spiro atoms. The van der Waals surface area contributed by atoms with Crippen LogP contribution in [0.5, 0.6) is 0 Å². The molecule has 1 aromatic carbocycles. The van der Waals surface area contributed by atoms with Crippen LogP contribution in [0.15, 0.2) is 24.3 Å². The van der Waals surface area contributed by atoms with Gasteiger partial charge >= 0.3 is 6.18 Å². The molecule has 1 unspecified atom stereocenters. The fourth-order valence-electron chi connectivity index (χ4n) is 1.84. The van der Waals surface area contributed by atoms with Crippen LogP contribution in [0.4, 0.5) is 13.2 Å². The Hall–Kier alpha value is -1.03. The summed E-state index contributed by atoms with van der Waals surface area (Å²) in [6, 6.07) is 5.12.